The molecule has 0 aliphatic heterocycles. The van der Waals surface area contributed by atoms with Gasteiger partial charge in [0.1, 0.15) is 6.10 Å². The van der Waals surface area contributed by atoms with Gasteiger partial charge in [0.25, 0.3) is 0 Å². The van der Waals surface area contributed by atoms with E-state index in [1.807, 2.05) is 0 Å². The number of carbonyl (C=O) groups excluding carboxylic acids is 2. The van der Waals surface area contributed by atoms with Crippen LogP contribution in [0.2, 0.25) is 0 Å². The van der Waals surface area contributed by atoms with Crippen molar-refractivity contribution in [2.75, 3.05) is 6.61 Å². The van der Waals surface area contributed by atoms with Crippen molar-refractivity contribution in [2.24, 2.45) is 0 Å². The van der Waals surface area contributed by atoms with Crippen molar-refractivity contribution >= 4 is 11.9 Å². The molecule has 0 aliphatic rings. The number of aliphatic hydroxyl groups is 2. The second kappa shape index (κ2) is 51.1. The number of nitrogens with one attached hydrogen (secondary N) is 1. The van der Waals surface area contributed by atoms with Crippen molar-refractivity contribution in [3.05, 3.63) is 36.5 Å². The van der Waals surface area contributed by atoms with Gasteiger partial charge in [-0.25, -0.2) is 0 Å². The maximum absolute atomic E-state index is 13.2. The largest absolute Gasteiger partial charge is 0.462 e. The molecule has 3 unspecified atom stereocenters. The Kier molecular flexibility index (Phi) is 49.5. The van der Waals surface area contributed by atoms with Gasteiger partial charge in [-0.15, -0.1) is 0 Å². The smallest absolute Gasteiger partial charge is 0.306 e. The van der Waals surface area contributed by atoms with Crippen molar-refractivity contribution in [3.63, 3.8) is 0 Å². The molecule has 0 bridgehead atoms. The fraction of sp³-hybridized carbons (Fsp3) is 0.860. The van der Waals surface area contributed by atoms with Crippen LogP contribution in [0.1, 0.15) is 290 Å². The van der Waals surface area contributed by atoms with Gasteiger partial charge in [0, 0.05) is 6.42 Å². The van der Waals surface area contributed by atoms with Gasteiger partial charge in [0.05, 0.1) is 25.2 Å². The molecule has 6 heteroatoms. The van der Waals surface area contributed by atoms with Crippen LogP contribution < -0.4 is 5.32 Å². The van der Waals surface area contributed by atoms with Crippen molar-refractivity contribution in [1.82, 2.24) is 5.32 Å². The molecule has 0 spiro atoms. The SMILES string of the molecule is CCCCCCCC/C=C\CCCC(CC(=O)NC(CO)C(O)CCCCCCCCCCCCCCCCCCC)OC(=O)CCCCC/C=C/C=C/CCCCCCCCC. The molecule has 0 aromatic rings. The number of allylic oxidation sites excluding steroid dienone is 6. The van der Waals surface area contributed by atoms with Crippen LogP contribution >= 0.6 is 0 Å². The van der Waals surface area contributed by atoms with Gasteiger partial charge < -0.3 is 20.3 Å². The molecule has 6 nitrogen and oxygen atoms in total. The van der Waals surface area contributed by atoms with Crippen LogP contribution in [0.25, 0.3) is 0 Å². The van der Waals surface area contributed by atoms with Crippen LogP contribution in [-0.2, 0) is 14.3 Å². The maximum Gasteiger partial charge on any atom is 0.306 e. The number of esters is 1. The lowest BCUT2D eigenvalue weighted by Crippen LogP contribution is -2.46. The monoisotopic (exact) mass is 886 g/mol. The van der Waals surface area contributed by atoms with Crippen LogP contribution in [0.15, 0.2) is 36.5 Å². The van der Waals surface area contributed by atoms with E-state index >= 15 is 0 Å². The predicted molar refractivity (Wildman–Crippen MR) is 273 cm³/mol. The summed E-state index contributed by atoms with van der Waals surface area (Å²) in [6.07, 6.45) is 60.7. The van der Waals surface area contributed by atoms with E-state index in [1.54, 1.807) is 0 Å². The van der Waals surface area contributed by atoms with Crippen molar-refractivity contribution in [2.45, 2.75) is 309 Å². The Morgan fingerprint density at radius 1 is 0.460 bits per heavy atom. The molecule has 0 saturated carbocycles. The lowest BCUT2D eigenvalue weighted by Gasteiger charge is -2.24. The zero-order chi connectivity index (χ0) is 45.9. The molecule has 0 aromatic heterocycles. The molecule has 0 aliphatic carbocycles. The molecular formula is C57H107NO5. The van der Waals surface area contributed by atoms with Crippen LogP contribution in [0.4, 0.5) is 0 Å². The highest BCUT2D eigenvalue weighted by Crippen LogP contribution is 2.18. The second-order valence-corrected chi connectivity index (χ2v) is 19.0. The van der Waals surface area contributed by atoms with E-state index in [9.17, 15) is 19.8 Å². The van der Waals surface area contributed by atoms with E-state index in [0.29, 0.717) is 19.3 Å². The van der Waals surface area contributed by atoms with Crippen molar-refractivity contribution in [3.8, 4) is 0 Å². The van der Waals surface area contributed by atoms with Gasteiger partial charge in [-0.05, 0) is 70.6 Å². The molecule has 63 heavy (non-hydrogen) atoms. The summed E-state index contributed by atoms with van der Waals surface area (Å²) in [7, 11) is 0. The molecule has 0 saturated heterocycles. The molecule has 3 N–H and O–H groups in total. The molecule has 0 rings (SSSR count). The van der Waals surface area contributed by atoms with Crippen LogP contribution in [0.3, 0.4) is 0 Å². The number of unbranched alkanes of at least 4 members (excludes halogenated alkanes) is 33. The van der Waals surface area contributed by atoms with Crippen molar-refractivity contribution < 1.29 is 24.5 Å². The van der Waals surface area contributed by atoms with Gasteiger partial charge in [-0.3, -0.25) is 9.59 Å². The van der Waals surface area contributed by atoms with Gasteiger partial charge in [0.15, 0.2) is 0 Å². The quantitative estimate of drug-likeness (QED) is 0.0245. The van der Waals surface area contributed by atoms with E-state index in [-0.39, 0.29) is 24.9 Å². The van der Waals surface area contributed by atoms with Crippen LogP contribution in [-0.4, -0.2) is 46.9 Å². The predicted octanol–water partition coefficient (Wildman–Crippen LogP) is 16.8. The lowest BCUT2D eigenvalue weighted by atomic mass is 10.0. The van der Waals surface area contributed by atoms with E-state index < -0.39 is 18.2 Å². The van der Waals surface area contributed by atoms with Gasteiger partial charge in [-0.1, -0.05) is 243 Å². The number of ether oxygens (including phenoxy) is 1. The Morgan fingerprint density at radius 3 is 1.25 bits per heavy atom. The third-order valence-electron chi connectivity index (χ3n) is 12.7. The molecular weight excluding hydrogens is 779 g/mol. The number of hydrogen-bond acceptors (Lipinski definition) is 5. The highest BCUT2D eigenvalue weighted by Gasteiger charge is 2.24. The molecule has 370 valence electrons. The zero-order valence-corrected chi connectivity index (χ0v) is 42.2. The molecule has 0 radical (unpaired) electrons. The summed E-state index contributed by atoms with van der Waals surface area (Å²) >= 11 is 0. The maximum atomic E-state index is 13.2. The third kappa shape index (κ3) is 46.4. The van der Waals surface area contributed by atoms with Crippen molar-refractivity contribution in [1.29, 1.82) is 0 Å². The fourth-order valence-electron chi connectivity index (χ4n) is 8.48. The first-order valence-electron chi connectivity index (χ1n) is 27.7. The van der Waals surface area contributed by atoms with Crippen LogP contribution in [0, 0.1) is 0 Å². The molecule has 0 heterocycles. The first-order chi connectivity index (χ1) is 31.0. The number of hydrogen-bond donors (Lipinski definition) is 3. The standard InChI is InChI=1S/C57H107NO5/c1-4-7-10-13-16-19-22-24-26-28-29-31-34-37-40-43-46-49-55(60)54(52-59)58-56(61)51-53(48-45-42-39-36-33-21-18-15-12-9-6-3)63-57(62)50-47-44-41-38-35-32-30-27-25-23-20-17-14-11-8-5-2/h27,30,32,35-36,39,53-55,59-60H,4-26,28-29,31,33-34,37-38,40-52H2,1-3H3,(H,58,61)/b30-27+,35-32+,39-36-. The normalized spacial score (nSPS) is 13.4. The summed E-state index contributed by atoms with van der Waals surface area (Å²) in [5.74, 6) is -0.525. The van der Waals surface area contributed by atoms with Gasteiger partial charge >= 0.3 is 5.97 Å². The summed E-state index contributed by atoms with van der Waals surface area (Å²) in [4.78, 5) is 26.1. The summed E-state index contributed by atoms with van der Waals surface area (Å²) in [5.41, 5.74) is 0. The summed E-state index contributed by atoms with van der Waals surface area (Å²) < 4.78 is 5.91. The molecule has 1 amide bonds. The Morgan fingerprint density at radius 2 is 0.825 bits per heavy atom. The second-order valence-electron chi connectivity index (χ2n) is 19.0. The summed E-state index contributed by atoms with van der Waals surface area (Å²) in [6.45, 7) is 6.48. The molecule has 0 aromatic carbocycles. The van der Waals surface area contributed by atoms with Gasteiger partial charge in [0.2, 0.25) is 5.91 Å². The first-order valence-corrected chi connectivity index (χ1v) is 27.7. The Labute approximate surface area is 392 Å². The third-order valence-corrected chi connectivity index (χ3v) is 12.7. The topological polar surface area (TPSA) is 95.9 Å². The minimum Gasteiger partial charge on any atom is -0.462 e. The average molecular weight is 886 g/mol. The van der Waals surface area contributed by atoms with Gasteiger partial charge in [-0.2, -0.15) is 0 Å². The molecule has 0 fully saturated rings. The van der Waals surface area contributed by atoms with E-state index in [2.05, 4.69) is 62.5 Å². The van der Waals surface area contributed by atoms with Crippen LogP contribution in [0.5, 0.6) is 0 Å². The highest BCUT2D eigenvalue weighted by molar-refractivity contribution is 5.77. The Balaban J connectivity index is 4.52. The Bertz CT molecular complexity index is 1040. The highest BCUT2D eigenvalue weighted by atomic mass is 16.5. The summed E-state index contributed by atoms with van der Waals surface area (Å²) in [6, 6.07) is -0.713. The number of carbonyl (C=O) groups is 2. The minimum absolute atomic E-state index is 0.0484. The lowest BCUT2D eigenvalue weighted by molar-refractivity contribution is -0.151. The zero-order valence-electron chi connectivity index (χ0n) is 42.2. The first kappa shape index (κ1) is 61.1. The Hall–Kier alpha value is -1.92. The average Bonchev–Trinajstić information content (AvgIpc) is 3.28. The minimum atomic E-state index is -0.797. The fourth-order valence-corrected chi connectivity index (χ4v) is 8.48. The number of rotatable bonds is 50. The van der Waals surface area contributed by atoms with E-state index in [4.69, 9.17) is 4.74 Å². The summed E-state index contributed by atoms with van der Waals surface area (Å²) in [5, 5.41) is 23.8. The molecule has 3 atom stereocenters. The number of aliphatic hydroxyl groups excluding tert-OH is 2. The van der Waals surface area contributed by atoms with E-state index in [1.165, 1.54) is 173 Å². The number of amides is 1. The van der Waals surface area contributed by atoms with E-state index in [0.717, 1.165) is 70.6 Å².